The Morgan fingerprint density at radius 1 is 1.33 bits per heavy atom. The van der Waals surface area contributed by atoms with Crippen molar-refractivity contribution in [2.24, 2.45) is 5.92 Å². The first-order chi connectivity index (χ1) is 5.43. The summed E-state index contributed by atoms with van der Waals surface area (Å²) in [6, 6.07) is 0. The smallest absolute Gasteiger partial charge is 0.306 e. The second kappa shape index (κ2) is 4.74. The summed E-state index contributed by atoms with van der Waals surface area (Å²) in [5.74, 6) is -2.10. The maximum absolute atomic E-state index is 10.9. The highest BCUT2D eigenvalue weighted by molar-refractivity contribution is 5.78. The lowest BCUT2D eigenvalue weighted by atomic mass is 10.1. The van der Waals surface area contributed by atoms with E-state index in [9.17, 15) is 9.59 Å². The van der Waals surface area contributed by atoms with Gasteiger partial charge in [-0.1, -0.05) is 6.92 Å². The number of hydrogen-bond donors (Lipinski definition) is 1. The van der Waals surface area contributed by atoms with Gasteiger partial charge >= 0.3 is 11.9 Å². The first-order valence-electron chi connectivity index (χ1n) is 3.85. The van der Waals surface area contributed by atoms with E-state index in [4.69, 9.17) is 9.84 Å². The van der Waals surface area contributed by atoms with E-state index in [0.29, 0.717) is 0 Å². The Labute approximate surface area is 71.5 Å². The zero-order chi connectivity index (χ0) is 9.72. The molecule has 0 amide bonds. The fourth-order valence-electron chi connectivity index (χ4n) is 0.648. The lowest BCUT2D eigenvalue weighted by Crippen LogP contribution is -2.18. The highest BCUT2D eigenvalue weighted by atomic mass is 16.5. The summed E-state index contributed by atoms with van der Waals surface area (Å²) in [6.45, 7) is 4.93. The quantitative estimate of drug-likeness (QED) is 0.647. The van der Waals surface area contributed by atoms with Gasteiger partial charge in [0.1, 0.15) is 0 Å². The van der Waals surface area contributed by atoms with E-state index in [1.54, 1.807) is 13.8 Å². The first kappa shape index (κ1) is 10.9. The fourth-order valence-corrected chi connectivity index (χ4v) is 0.648. The van der Waals surface area contributed by atoms with Crippen LogP contribution in [0.25, 0.3) is 0 Å². The van der Waals surface area contributed by atoms with Gasteiger partial charge in [-0.15, -0.1) is 0 Å². The maximum atomic E-state index is 10.9. The van der Waals surface area contributed by atoms with Gasteiger partial charge in [0.25, 0.3) is 0 Å². The number of carboxylic acid groups (broad SMARTS) is 1. The van der Waals surface area contributed by atoms with Crippen molar-refractivity contribution in [3.8, 4) is 0 Å². The van der Waals surface area contributed by atoms with Crippen molar-refractivity contribution in [2.75, 3.05) is 0 Å². The Morgan fingerprint density at radius 2 is 1.83 bits per heavy atom. The molecule has 4 nitrogen and oxygen atoms in total. The molecule has 0 bridgehead atoms. The number of carboxylic acids is 1. The van der Waals surface area contributed by atoms with Crippen LogP contribution in [0, 0.1) is 5.92 Å². The molecule has 12 heavy (non-hydrogen) atoms. The number of ether oxygens (including phenoxy) is 1. The van der Waals surface area contributed by atoms with E-state index in [2.05, 4.69) is 0 Å². The Kier molecular flexibility index (Phi) is 4.33. The molecule has 0 saturated carbocycles. The minimum absolute atomic E-state index is 0.0620. The van der Waals surface area contributed by atoms with E-state index >= 15 is 0 Å². The fraction of sp³-hybridized carbons (Fsp3) is 0.750. The van der Waals surface area contributed by atoms with Crippen molar-refractivity contribution < 1.29 is 19.4 Å². The van der Waals surface area contributed by atoms with Crippen LogP contribution in [0.2, 0.25) is 0 Å². The van der Waals surface area contributed by atoms with Crippen LogP contribution < -0.4 is 0 Å². The van der Waals surface area contributed by atoms with Crippen molar-refractivity contribution >= 4 is 11.9 Å². The Hall–Kier alpha value is -1.06. The van der Waals surface area contributed by atoms with Crippen molar-refractivity contribution in [1.82, 2.24) is 0 Å². The summed E-state index contributed by atoms with van der Waals surface area (Å²) in [5, 5.41) is 8.46. The molecule has 0 radical (unpaired) electrons. The zero-order valence-electron chi connectivity index (χ0n) is 7.53. The van der Waals surface area contributed by atoms with Crippen LogP contribution in [0.5, 0.6) is 0 Å². The van der Waals surface area contributed by atoms with Gasteiger partial charge in [0.15, 0.2) is 0 Å². The molecule has 4 heteroatoms. The third-order valence-electron chi connectivity index (χ3n) is 1.26. The van der Waals surface area contributed by atoms with Gasteiger partial charge < -0.3 is 9.84 Å². The first-order valence-corrected chi connectivity index (χ1v) is 3.85. The number of rotatable bonds is 4. The van der Waals surface area contributed by atoms with Gasteiger partial charge in [0.2, 0.25) is 0 Å². The average Bonchev–Trinajstić information content (AvgIpc) is 1.84. The van der Waals surface area contributed by atoms with Gasteiger partial charge in [0.05, 0.1) is 18.4 Å². The standard InChI is InChI=1S/C8H14O4/c1-5(2)12-7(9)4-6(3)8(10)11/h5-6H,4H2,1-3H3,(H,10,11). The third kappa shape index (κ3) is 4.71. The number of aliphatic carboxylic acids is 1. The van der Waals surface area contributed by atoms with E-state index in [1.807, 2.05) is 0 Å². The predicted molar refractivity (Wildman–Crippen MR) is 42.6 cm³/mol. The highest BCUT2D eigenvalue weighted by Crippen LogP contribution is 2.04. The molecule has 0 fully saturated rings. The third-order valence-corrected chi connectivity index (χ3v) is 1.26. The van der Waals surface area contributed by atoms with Gasteiger partial charge in [-0.25, -0.2) is 0 Å². The van der Waals surface area contributed by atoms with E-state index < -0.39 is 17.9 Å². The SMILES string of the molecule is CC(C)OC(=O)CC(C)C(=O)O. The number of hydrogen-bond acceptors (Lipinski definition) is 3. The molecule has 1 atom stereocenters. The molecule has 0 aromatic carbocycles. The molecule has 0 aliphatic heterocycles. The Balaban J connectivity index is 3.77. The van der Waals surface area contributed by atoms with Crippen molar-refractivity contribution in [3.63, 3.8) is 0 Å². The molecule has 0 aliphatic rings. The van der Waals surface area contributed by atoms with Crippen LogP contribution in [0.3, 0.4) is 0 Å². The minimum Gasteiger partial charge on any atom is -0.481 e. The molecular formula is C8H14O4. The van der Waals surface area contributed by atoms with Crippen LogP contribution in [-0.4, -0.2) is 23.1 Å². The Bertz CT molecular complexity index is 174. The molecule has 0 saturated heterocycles. The average molecular weight is 174 g/mol. The molecule has 0 heterocycles. The molecular weight excluding hydrogens is 160 g/mol. The van der Waals surface area contributed by atoms with Crippen LogP contribution in [-0.2, 0) is 14.3 Å². The summed E-state index contributed by atoms with van der Waals surface area (Å²) >= 11 is 0. The van der Waals surface area contributed by atoms with Gasteiger partial charge in [-0.3, -0.25) is 9.59 Å². The molecule has 0 aromatic heterocycles. The van der Waals surface area contributed by atoms with E-state index in [0.717, 1.165) is 0 Å². The van der Waals surface area contributed by atoms with Crippen LogP contribution in [0.4, 0.5) is 0 Å². The van der Waals surface area contributed by atoms with Crippen LogP contribution >= 0.6 is 0 Å². The molecule has 1 N–H and O–H groups in total. The summed E-state index contributed by atoms with van der Waals surface area (Å²) in [7, 11) is 0. The summed E-state index contributed by atoms with van der Waals surface area (Å²) in [6.07, 6.45) is -0.244. The topological polar surface area (TPSA) is 63.6 Å². The maximum Gasteiger partial charge on any atom is 0.306 e. The second-order valence-corrected chi connectivity index (χ2v) is 2.98. The molecule has 0 spiro atoms. The summed E-state index contributed by atoms with van der Waals surface area (Å²) in [4.78, 5) is 21.2. The van der Waals surface area contributed by atoms with Crippen LogP contribution in [0.15, 0.2) is 0 Å². The normalized spacial score (nSPS) is 12.7. The van der Waals surface area contributed by atoms with Gasteiger partial charge in [0, 0.05) is 0 Å². The molecule has 1 unspecified atom stereocenters. The monoisotopic (exact) mass is 174 g/mol. The van der Waals surface area contributed by atoms with E-state index in [1.165, 1.54) is 6.92 Å². The van der Waals surface area contributed by atoms with Gasteiger partial charge in [-0.2, -0.15) is 0 Å². The number of esters is 1. The lowest BCUT2D eigenvalue weighted by molar-refractivity contribution is -0.153. The number of carbonyl (C=O) groups excluding carboxylic acids is 1. The largest absolute Gasteiger partial charge is 0.481 e. The van der Waals surface area contributed by atoms with Crippen molar-refractivity contribution in [1.29, 1.82) is 0 Å². The van der Waals surface area contributed by atoms with Crippen molar-refractivity contribution in [3.05, 3.63) is 0 Å². The molecule has 0 aromatic rings. The summed E-state index contributed by atoms with van der Waals surface area (Å²) in [5.41, 5.74) is 0. The highest BCUT2D eigenvalue weighted by Gasteiger charge is 2.17. The van der Waals surface area contributed by atoms with Gasteiger partial charge in [-0.05, 0) is 13.8 Å². The van der Waals surface area contributed by atoms with Crippen molar-refractivity contribution in [2.45, 2.75) is 33.3 Å². The molecule has 0 rings (SSSR count). The zero-order valence-corrected chi connectivity index (χ0v) is 7.53. The molecule has 70 valence electrons. The minimum atomic E-state index is -0.976. The lowest BCUT2D eigenvalue weighted by Gasteiger charge is -2.09. The van der Waals surface area contributed by atoms with E-state index in [-0.39, 0.29) is 12.5 Å². The summed E-state index contributed by atoms with van der Waals surface area (Å²) < 4.78 is 4.77. The van der Waals surface area contributed by atoms with Crippen LogP contribution in [0.1, 0.15) is 27.2 Å². The molecule has 0 aliphatic carbocycles. The number of carbonyl (C=O) groups is 2. The predicted octanol–water partition coefficient (Wildman–Crippen LogP) is 1.05. The Morgan fingerprint density at radius 3 is 2.17 bits per heavy atom. The second-order valence-electron chi connectivity index (χ2n) is 2.98.